The Kier molecular flexibility index (Phi) is 7.29. The van der Waals surface area contributed by atoms with E-state index in [2.05, 4.69) is 37.9 Å². The Morgan fingerprint density at radius 1 is 1.32 bits per heavy atom. The molecule has 4 heteroatoms. The van der Waals surface area contributed by atoms with Crippen molar-refractivity contribution < 1.29 is 9.47 Å². The van der Waals surface area contributed by atoms with Crippen LogP contribution in [-0.4, -0.2) is 63.0 Å². The highest BCUT2D eigenvalue weighted by Crippen LogP contribution is 2.27. The van der Waals surface area contributed by atoms with Crippen LogP contribution in [0.2, 0.25) is 0 Å². The van der Waals surface area contributed by atoms with E-state index < -0.39 is 0 Å². The SMILES string of the molecule is CCNC(C(C)CCOC)C(C)(C)N1CCOCC1. The average Bonchev–Trinajstić information content (AvgIpc) is 2.43. The summed E-state index contributed by atoms with van der Waals surface area (Å²) in [7, 11) is 1.78. The van der Waals surface area contributed by atoms with Gasteiger partial charge >= 0.3 is 0 Å². The largest absolute Gasteiger partial charge is 0.385 e. The molecule has 1 heterocycles. The number of hydrogen-bond acceptors (Lipinski definition) is 4. The number of nitrogens with zero attached hydrogens (tertiary/aromatic N) is 1. The van der Waals surface area contributed by atoms with Gasteiger partial charge in [0.05, 0.1) is 13.2 Å². The Morgan fingerprint density at radius 3 is 2.47 bits per heavy atom. The minimum Gasteiger partial charge on any atom is -0.385 e. The lowest BCUT2D eigenvalue weighted by Crippen LogP contribution is -2.62. The van der Waals surface area contributed by atoms with E-state index in [1.165, 1.54) is 0 Å². The number of nitrogens with one attached hydrogen (secondary N) is 1. The van der Waals surface area contributed by atoms with Crippen LogP contribution in [0, 0.1) is 5.92 Å². The van der Waals surface area contributed by atoms with Crippen LogP contribution in [0.15, 0.2) is 0 Å². The van der Waals surface area contributed by atoms with Crippen LogP contribution in [0.3, 0.4) is 0 Å². The van der Waals surface area contributed by atoms with Crippen molar-refractivity contribution in [3.8, 4) is 0 Å². The molecular weight excluding hydrogens is 240 g/mol. The number of hydrogen-bond donors (Lipinski definition) is 1. The lowest BCUT2D eigenvalue weighted by molar-refractivity contribution is -0.0320. The second-order valence-electron chi connectivity index (χ2n) is 6.05. The molecule has 0 aromatic heterocycles. The van der Waals surface area contributed by atoms with Crippen molar-refractivity contribution in [2.75, 3.05) is 46.6 Å². The summed E-state index contributed by atoms with van der Waals surface area (Å²) in [5.74, 6) is 0.595. The summed E-state index contributed by atoms with van der Waals surface area (Å²) in [5, 5.41) is 3.69. The molecule has 0 aliphatic carbocycles. The summed E-state index contributed by atoms with van der Waals surface area (Å²) in [6.07, 6.45) is 1.10. The fourth-order valence-corrected chi connectivity index (χ4v) is 3.17. The summed E-state index contributed by atoms with van der Waals surface area (Å²) in [6, 6.07) is 0.478. The van der Waals surface area contributed by atoms with Crippen LogP contribution in [-0.2, 0) is 9.47 Å². The van der Waals surface area contributed by atoms with Gasteiger partial charge in [-0.3, -0.25) is 4.90 Å². The molecule has 1 aliphatic heterocycles. The van der Waals surface area contributed by atoms with E-state index in [1.807, 2.05) is 0 Å². The highest BCUT2D eigenvalue weighted by atomic mass is 16.5. The highest BCUT2D eigenvalue weighted by Gasteiger charge is 2.38. The molecule has 0 aromatic rings. The quantitative estimate of drug-likeness (QED) is 0.730. The van der Waals surface area contributed by atoms with E-state index in [0.717, 1.165) is 45.9 Å². The number of likely N-dealkylation sites (N-methyl/N-ethyl adjacent to an activating group) is 1. The first-order valence-electron chi connectivity index (χ1n) is 7.59. The Morgan fingerprint density at radius 2 is 1.95 bits per heavy atom. The lowest BCUT2D eigenvalue weighted by Gasteiger charge is -2.48. The summed E-state index contributed by atoms with van der Waals surface area (Å²) in [5.41, 5.74) is 0.146. The van der Waals surface area contributed by atoms with Crippen molar-refractivity contribution in [3.63, 3.8) is 0 Å². The third kappa shape index (κ3) is 4.71. The summed E-state index contributed by atoms with van der Waals surface area (Å²) in [6.45, 7) is 14.9. The fourth-order valence-electron chi connectivity index (χ4n) is 3.17. The van der Waals surface area contributed by atoms with Crippen LogP contribution >= 0.6 is 0 Å². The molecule has 1 fully saturated rings. The van der Waals surface area contributed by atoms with Crippen LogP contribution in [0.4, 0.5) is 0 Å². The van der Waals surface area contributed by atoms with Crippen molar-refractivity contribution in [3.05, 3.63) is 0 Å². The van der Waals surface area contributed by atoms with Gasteiger partial charge in [-0.2, -0.15) is 0 Å². The first-order valence-corrected chi connectivity index (χ1v) is 7.59. The van der Waals surface area contributed by atoms with Crippen molar-refractivity contribution >= 4 is 0 Å². The monoisotopic (exact) mass is 272 g/mol. The molecule has 0 spiro atoms. The zero-order valence-electron chi connectivity index (χ0n) is 13.4. The summed E-state index contributed by atoms with van der Waals surface area (Å²) >= 11 is 0. The molecule has 1 saturated heterocycles. The molecule has 0 saturated carbocycles. The topological polar surface area (TPSA) is 33.7 Å². The predicted octanol–water partition coefficient (Wildman–Crippen LogP) is 1.75. The Bertz CT molecular complexity index is 240. The molecule has 0 radical (unpaired) electrons. The predicted molar refractivity (Wildman–Crippen MR) is 79.6 cm³/mol. The molecule has 1 rings (SSSR count). The van der Waals surface area contributed by atoms with Gasteiger partial charge < -0.3 is 14.8 Å². The zero-order valence-corrected chi connectivity index (χ0v) is 13.4. The van der Waals surface area contributed by atoms with Gasteiger partial charge in [0.25, 0.3) is 0 Å². The second kappa shape index (κ2) is 8.20. The molecule has 0 amide bonds. The van der Waals surface area contributed by atoms with E-state index >= 15 is 0 Å². The molecule has 114 valence electrons. The second-order valence-corrected chi connectivity index (χ2v) is 6.05. The maximum atomic E-state index is 5.48. The standard InChI is InChI=1S/C15H32N2O2/c1-6-16-14(13(2)7-10-18-5)15(3,4)17-8-11-19-12-9-17/h13-14,16H,6-12H2,1-5H3. The van der Waals surface area contributed by atoms with Gasteiger partial charge in [-0.25, -0.2) is 0 Å². The molecule has 0 aromatic carbocycles. The third-order valence-electron chi connectivity index (χ3n) is 4.36. The number of methoxy groups -OCH3 is 1. The Balaban J connectivity index is 2.70. The minimum absolute atomic E-state index is 0.146. The van der Waals surface area contributed by atoms with Crippen molar-refractivity contribution in [2.45, 2.75) is 45.7 Å². The molecule has 19 heavy (non-hydrogen) atoms. The van der Waals surface area contributed by atoms with Gasteiger partial charge in [-0.05, 0) is 32.7 Å². The maximum absolute atomic E-state index is 5.48. The molecule has 4 nitrogen and oxygen atoms in total. The van der Waals surface area contributed by atoms with Gasteiger partial charge in [0.2, 0.25) is 0 Å². The van der Waals surface area contributed by atoms with E-state index in [9.17, 15) is 0 Å². The van der Waals surface area contributed by atoms with Gasteiger partial charge in [-0.1, -0.05) is 13.8 Å². The van der Waals surface area contributed by atoms with Gasteiger partial charge in [0, 0.05) is 38.4 Å². The van der Waals surface area contributed by atoms with E-state index in [1.54, 1.807) is 7.11 Å². The Hall–Kier alpha value is -0.160. The first kappa shape index (κ1) is 16.9. The van der Waals surface area contributed by atoms with E-state index in [-0.39, 0.29) is 5.54 Å². The minimum atomic E-state index is 0.146. The maximum Gasteiger partial charge on any atom is 0.0594 e. The highest BCUT2D eigenvalue weighted by molar-refractivity contribution is 4.96. The van der Waals surface area contributed by atoms with Crippen molar-refractivity contribution in [1.82, 2.24) is 10.2 Å². The molecule has 1 aliphatic rings. The Labute approximate surface area is 118 Å². The fraction of sp³-hybridized carbons (Fsp3) is 1.00. The zero-order chi connectivity index (χ0) is 14.3. The van der Waals surface area contributed by atoms with Crippen LogP contribution in [0.5, 0.6) is 0 Å². The average molecular weight is 272 g/mol. The normalized spacial score (nSPS) is 21.3. The van der Waals surface area contributed by atoms with Crippen LogP contribution in [0.25, 0.3) is 0 Å². The van der Waals surface area contributed by atoms with Gasteiger partial charge in [-0.15, -0.1) is 0 Å². The third-order valence-corrected chi connectivity index (χ3v) is 4.36. The molecular formula is C15H32N2O2. The van der Waals surface area contributed by atoms with Crippen LogP contribution < -0.4 is 5.32 Å². The van der Waals surface area contributed by atoms with Crippen LogP contribution in [0.1, 0.15) is 34.1 Å². The summed E-state index contributed by atoms with van der Waals surface area (Å²) < 4.78 is 10.7. The molecule has 2 atom stereocenters. The molecule has 0 bridgehead atoms. The number of ether oxygens (including phenoxy) is 2. The molecule has 1 N–H and O–H groups in total. The van der Waals surface area contributed by atoms with Crippen molar-refractivity contribution in [1.29, 1.82) is 0 Å². The van der Waals surface area contributed by atoms with E-state index in [4.69, 9.17) is 9.47 Å². The first-order chi connectivity index (χ1) is 9.04. The number of morpholine rings is 1. The molecule has 2 unspecified atom stereocenters. The smallest absolute Gasteiger partial charge is 0.0594 e. The van der Waals surface area contributed by atoms with Gasteiger partial charge in [0.1, 0.15) is 0 Å². The number of rotatable bonds is 8. The van der Waals surface area contributed by atoms with Crippen molar-refractivity contribution in [2.24, 2.45) is 5.92 Å². The van der Waals surface area contributed by atoms with Gasteiger partial charge in [0.15, 0.2) is 0 Å². The summed E-state index contributed by atoms with van der Waals surface area (Å²) in [4.78, 5) is 2.56. The van der Waals surface area contributed by atoms with E-state index in [0.29, 0.717) is 12.0 Å². The lowest BCUT2D eigenvalue weighted by atomic mass is 9.82.